The van der Waals surface area contributed by atoms with Crippen molar-refractivity contribution in [2.45, 2.75) is 90.0 Å². The number of para-hydroxylation sites is 1. The van der Waals surface area contributed by atoms with E-state index in [0.717, 1.165) is 6.07 Å². The molecule has 0 unspecified atom stereocenters. The number of nitrogens with one attached hydrogen (secondary N) is 4. The van der Waals surface area contributed by atoms with Crippen LogP contribution in [0.25, 0.3) is 10.9 Å². The van der Waals surface area contributed by atoms with Crippen LogP contribution in [0.15, 0.2) is 42.5 Å². The SMILES string of the molecule is CC[C@H](C)[C@H](NC(=O)[C@@]1(NC(=O)[C@@H](NC(=O)Cc2ccccc2F)[C@@H](C)CC)CCc2[nH]c3c(C(F)(F)F)cccc3c2C1)C(N)=O. The molecular formula is C34H41F4N5O4. The minimum Gasteiger partial charge on any atom is -0.368 e. The minimum absolute atomic E-state index is 0.0197. The molecule has 47 heavy (non-hydrogen) atoms. The first-order valence-corrected chi connectivity index (χ1v) is 15.8. The Kier molecular flexibility index (Phi) is 10.7. The number of aromatic amines is 1. The molecule has 0 radical (unpaired) electrons. The molecule has 0 fully saturated rings. The van der Waals surface area contributed by atoms with Crippen molar-refractivity contribution in [2.75, 3.05) is 0 Å². The van der Waals surface area contributed by atoms with Gasteiger partial charge >= 0.3 is 6.18 Å². The Hall–Kier alpha value is -4.42. The van der Waals surface area contributed by atoms with E-state index >= 15 is 0 Å². The zero-order valence-corrected chi connectivity index (χ0v) is 26.8. The third-order valence-corrected chi connectivity index (χ3v) is 9.34. The van der Waals surface area contributed by atoms with Gasteiger partial charge in [0, 0.05) is 17.5 Å². The molecule has 0 aliphatic heterocycles. The van der Waals surface area contributed by atoms with Gasteiger partial charge in [-0.3, -0.25) is 19.2 Å². The summed E-state index contributed by atoms with van der Waals surface area (Å²) in [6, 6.07) is 7.33. The molecule has 0 bridgehead atoms. The lowest BCUT2D eigenvalue weighted by atomic mass is 9.78. The van der Waals surface area contributed by atoms with Crippen LogP contribution in [0.4, 0.5) is 17.6 Å². The summed E-state index contributed by atoms with van der Waals surface area (Å²) in [5.41, 5.74) is 4.01. The molecule has 4 rings (SSSR count). The van der Waals surface area contributed by atoms with Crippen LogP contribution in [-0.2, 0) is 44.6 Å². The molecule has 0 saturated heterocycles. The quantitative estimate of drug-likeness (QED) is 0.183. The highest BCUT2D eigenvalue weighted by atomic mass is 19.4. The molecule has 6 N–H and O–H groups in total. The Morgan fingerprint density at radius 1 is 0.957 bits per heavy atom. The lowest BCUT2D eigenvalue weighted by molar-refractivity contribution is -0.138. The molecule has 1 aromatic heterocycles. The maximum atomic E-state index is 14.3. The van der Waals surface area contributed by atoms with Gasteiger partial charge in [0.05, 0.1) is 17.5 Å². The van der Waals surface area contributed by atoms with E-state index < -0.39 is 64.7 Å². The molecule has 9 nitrogen and oxygen atoms in total. The molecule has 4 amide bonds. The second-order valence-electron chi connectivity index (χ2n) is 12.5. The van der Waals surface area contributed by atoms with E-state index in [4.69, 9.17) is 5.73 Å². The molecule has 254 valence electrons. The average molecular weight is 660 g/mol. The van der Waals surface area contributed by atoms with Gasteiger partial charge in [0.15, 0.2) is 0 Å². The van der Waals surface area contributed by atoms with E-state index in [1.165, 1.54) is 30.3 Å². The molecule has 2 aromatic carbocycles. The Bertz CT molecular complexity index is 1650. The van der Waals surface area contributed by atoms with Gasteiger partial charge in [-0.05, 0) is 47.9 Å². The van der Waals surface area contributed by atoms with Gasteiger partial charge in [0.25, 0.3) is 0 Å². The van der Waals surface area contributed by atoms with Crippen LogP contribution < -0.4 is 21.7 Å². The number of amides is 4. The monoisotopic (exact) mass is 659 g/mol. The van der Waals surface area contributed by atoms with E-state index in [9.17, 15) is 36.7 Å². The van der Waals surface area contributed by atoms with Crippen LogP contribution in [-0.4, -0.2) is 46.2 Å². The third-order valence-electron chi connectivity index (χ3n) is 9.34. The number of hydrogen-bond donors (Lipinski definition) is 5. The van der Waals surface area contributed by atoms with Gasteiger partial charge in [-0.1, -0.05) is 70.9 Å². The number of nitrogens with two attached hydrogens (primary N) is 1. The first kappa shape index (κ1) is 35.4. The highest BCUT2D eigenvalue weighted by molar-refractivity contribution is 5.98. The van der Waals surface area contributed by atoms with Gasteiger partial charge in [-0.25, -0.2) is 4.39 Å². The number of alkyl halides is 3. The van der Waals surface area contributed by atoms with E-state index in [2.05, 4.69) is 20.9 Å². The summed E-state index contributed by atoms with van der Waals surface area (Å²) in [6.45, 7) is 7.12. The van der Waals surface area contributed by atoms with Gasteiger partial charge in [0.1, 0.15) is 23.4 Å². The summed E-state index contributed by atoms with van der Waals surface area (Å²) in [6.07, 6.45) is -4.10. The van der Waals surface area contributed by atoms with Crippen molar-refractivity contribution in [2.24, 2.45) is 17.6 Å². The van der Waals surface area contributed by atoms with E-state index in [-0.39, 0.29) is 48.1 Å². The summed E-state index contributed by atoms with van der Waals surface area (Å²) < 4.78 is 55.9. The van der Waals surface area contributed by atoms with Crippen molar-refractivity contribution >= 4 is 34.5 Å². The smallest absolute Gasteiger partial charge is 0.368 e. The molecule has 1 heterocycles. The standard InChI is InChI=1S/C34H41F4N5O4/c1-5-18(3)27(30(39)45)42-32(47)33(15-14-25-22(17-33)21-11-9-12-23(29(21)40-25)34(36,37)38)43-31(46)28(19(4)6-2)41-26(44)16-20-10-7-8-13-24(20)35/h7-13,18-19,27-28,40H,5-6,14-17H2,1-4H3,(H2,39,45)(H,41,44)(H,42,47)(H,43,46)/t18-,19-,27-,28-,33+/m0/s1. The molecule has 1 aliphatic carbocycles. The Labute approximate surface area is 270 Å². The van der Waals surface area contributed by atoms with Gasteiger partial charge in [-0.2, -0.15) is 13.2 Å². The van der Waals surface area contributed by atoms with E-state index in [0.29, 0.717) is 24.1 Å². The number of hydrogen-bond acceptors (Lipinski definition) is 4. The fourth-order valence-electron chi connectivity index (χ4n) is 6.13. The maximum absolute atomic E-state index is 14.3. The minimum atomic E-state index is -4.63. The molecular weight excluding hydrogens is 618 g/mol. The highest BCUT2D eigenvalue weighted by Gasteiger charge is 2.47. The first-order chi connectivity index (χ1) is 22.1. The summed E-state index contributed by atoms with van der Waals surface area (Å²) in [4.78, 5) is 56.5. The molecule has 3 aromatic rings. The second kappa shape index (κ2) is 14.1. The average Bonchev–Trinajstić information content (AvgIpc) is 3.39. The summed E-state index contributed by atoms with van der Waals surface area (Å²) >= 11 is 0. The van der Waals surface area contributed by atoms with E-state index in [1.54, 1.807) is 19.9 Å². The van der Waals surface area contributed by atoms with E-state index in [1.807, 2.05) is 13.8 Å². The normalized spacial score (nSPS) is 18.8. The van der Waals surface area contributed by atoms with Crippen molar-refractivity contribution in [1.82, 2.24) is 20.9 Å². The summed E-state index contributed by atoms with van der Waals surface area (Å²) in [5, 5.41) is 8.49. The number of rotatable bonds is 12. The van der Waals surface area contributed by atoms with Crippen molar-refractivity contribution in [3.63, 3.8) is 0 Å². The number of aromatic nitrogens is 1. The number of halogens is 4. The van der Waals surface area contributed by atoms with Crippen LogP contribution in [0, 0.1) is 17.7 Å². The lowest BCUT2D eigenvalue weighted by Gasteiger charge is -2.39. The number of primary amides is 1. The van der Waals surface area contributed by atoms with Crippen LogP contribution in [0.5, 0.6) is 0 Å². The van der Waals surface area contributed by atoms with Crippen molar-refractivity contribution < 1.29 is 36.7 Å². The number of carbonyl (C=O) groups is 4. The van der Waals surface area contributed by atoms with Crippen LogP contribution >= 0.6 is 0 Å². The second-order valence-corrected chi connectivity index (χ2v) is 12.5. The molecule has 0 saturated carbocycles. The molecule has 1 aliphatic rings. The fraction of sp³-hybridized carbons (Fsp3) is 0.471. The van der Waals surface area contributed by atoms with Crippen LogP contribution in [0.2, 0.25) is 0 Å². The van der Waals surface area contributed by atoms with Crippen LogP contribution in [0.3, 0.4) is 0 Å². The molecule has 0 spiro atoms. The van der Waals surface area contributed by atoms with Crippen molar-refractivity contribution in [3.05, 3.63) is 70.7 Å². The maximum Gasteiger partial charge on any atom is 0.418 e. The fourth-order valence-corrected chi connectivity index (χ4v) is 6.13. The topological polar surface area (TPSA) is 146 Å². The van der Waals surface area contributed by atoms with Gasteiger partial charge < -0.3 is 26.7 Å². The Morgan fingerprint density at radius 3 is 2.23 bits per heavy atom. The molecule has 13 heteroatoms. The zero-order chi connectivity index (χ0) is 34.7. The largest absolute Gasteiger partial charge is 0.418 e. The molecule has 5 atom stereocenters. The Balaban J connectivity index is 1.72. The third kappa shape index (κ3) is 7.60. The van der Waals surface area contributed by atoms with Crippen molar-refractivity contribution in [1.29, 1.82) is 0 Å². The number of carbonyl (C=O) groups excluding carboxylic acids is 4. The predicted molar refractivity (Wildman–Crippen MR) is 168 cm³/mol. The van der Waals surface area contributed by atoms with Crippen LogP contribution in [0.1, 0.15) is 69.3 Å². The number of fused-ring (bicyclic) bond motifs is 3. The number of aryl methyl sites for hydroxylation is 1. The predicted octanol–water partition coefficient (Wildman–Crippen LogP) is 4.46. The van der Waals surface area contributed by atoms with Crippen molar-refractivity contribution in [3.8, 4) is 0 Å². The number of H-pyrrole nitrogens is 1. The van der Waals surface area contributed by atoms with Gasteiger partial charge in [0.2, 0.25) is 23.6 Å². The lowest BCUT2D eigenvalue weighted by Crippen LogP contribution is -2.67. The highest BCUT2D eigenvalue weighted by Crippen LogP contribution is 2.40. The first-order valence-electron chi connectivity index (χ1n) is 15.8. The zero-order valence-electron chi connectivity index (χ0n) is 26.8. The Morgan fingerprint density at radius 2 is 1.62 bits per heavy atom. The summed E-state index contributed by atoms with van der Waals surface area (Å²) in [5.74, 6) is -4.14. The summed E-state index contributed by atoms with van der Waals surface area (Å²) in [7, 11) is 0. The van der Waals surface area contributed by atoms with Gasteiger partial charge in [-0.15, -0.1) is 0 Å². The number of benzene rings is 2.